The lowest BCUT2D eigenvalue weighted by Crippen LogP contribution is -2.33. The van der Waals surface area contributed by atoms with Gasteiger partial charge in [-0.2, -0.15) is 0 Å². The van der Waals surface area contributed by atoms with E-state index in [1.807, 2.05) is 19.9 Å². The molecule has 0 bridgehead atoms. The van der Waals surface area contributed by atoms with Gasteiger partial charge in [0.1, 0.15) is 5.75 Å². The predicted molar refractivity (Wildman–Crippen MR) is 84.5 cm³/mol. The van der Waals surface area contributed by atoms with Gasteiger partial charge in [-0.25, -0.2) is 0 Å². The first-order chi connectivity index (χ1) is 10.0. The van der Waals surface area contributed by atoms with E-state index in [-0.39, 0.29) is 6.10 Å². The van der Waals surface area contributed by atoms with Gasteiger partial charge in [0.05, 0.1) is 19.3 Å². The van der Waals surface area contributed by atoms with Crippen LogP contribution in [0.2, 0.25) is 0 Å². The highest BCUT2D eigenvalue weighted by molar-refractivity contribution is 9.10. The van der Waals surface area contributed by atoms with Crippen molar-refractivity contribution in [2.24, 2.45) is 0 Å². The fraction of sp³-hybridized carbons (Fsp3) is 0.625. The number of ether oxygens (including phenoxy) is 3. The minimum atomic E-state index is -0.457. The molecule has 0 spiro atoms. The molecule has 2 heterocycles. The van der Waals surface area contributed by atoms with Crippen LogP contribution in [-0.2, 0) is 9.47 Å². The summed E-state index contributed by atoms with van der Waals surface area (Å²) in [4.78, 5) is 0. The van der Waals surface area contributed by atoms with E-state index in [0.717, 1.165) is 36.2 Å². The Bertz CT molecular complexity index is 506. The second-order valence-corrected chi connectivity index (χ2v) is 7.00. The lowest BCUT2D eigenvalue weighted by atomic mass is 10.0. The molecule has 2 aliphatic rings. The summed E-state index contributed by atoms with van der Waals surface area (Å²) in [5, 5.41) is 3.62. The van der Waals surface area contributed by atoms with Gasteiger partial charge < -0.3 is 19.5 Å². The standard InChI is InChI=1S/C16H22BrNO3/c1-16(2)20-10-12(21-16)9-18-14-4-3-7-19-15-8-11(17)5-6-13(14)15/h5-6,8,12,14,18H,3-4,7,9-10H2,1-2H3. The molecule has 116 valence electrons. The Morgan fingerprint density at radius 3 is 3.00 bits per heavy atom. The van der Waals surface area contributed by atoms with Gasteiger partial charge in [0, 0.05) is 22.6 Å². The minimum absolute atomic E-state index is 0.114. The lowest BCUT2D eigenvalue weighted by Gasteiger charge is -2.21. The van der Waals surface area contributed by atoms with E-state index in [4.69, 9.17) is 14.2 Å². The van der Waals surface area contributed by atoms with Crippen LogP contribution in [0.25, 0.3) is 0 Å². The predicted octanol–water partition coefficient (Wildman–Crippen LogP) is 3.40. The Kier molecular flexibility index (Phi) is 4.54. The monoisotopic (exact) mass is 355 g/mol. The highest BCUT2D eigenvalue weighted by Crippen LogP contribution is 2.34. The van der Waals surface area contributed by atoms with Gasteiger partial charge >= 0.3 is 0 Å². The molecule has 21 heavy (non-hydrogen) atoms. The second kappa shape index (κ2) is 6.24. The minimum Gasteiger partial charge on any atom is -0.493 e. The smallest absolute Gasteiger partial charge is 0.163 e. The van der Waals surface area contributed by atoms with E-state index < -0.39 is 5.79 Å². The molecule has 1 saturated heterocycles. The van der Waals surface area contributed by atoms with Gasteiger partial charge in [-0.05, 0) is 38.8 Å². The van der Waals surface area contributed by atoms with Gasteiger partial charge in [-0.3, -0.25) is 0 Å². The molecule has 2 unspecified atom stereocenters. The number of hydrogen-bond acceptors (Lipinski definition) is 4. The fourth-order valence-corrected chi connectivity index (χ4v) is 3.24. The van der Waals surface area contributed by atoms with Crippen molar-refractivity contribution in [3.05, 3.63) is 28.2 Å². The van der Waals surface area contributed by atoms with Gasteiger partial charge in [0.2, 0.25) is 0 Å². The fourth-order valence-electron chi connectivity index (χ4n) is 2.90. The molecular weight excluding hydrogens is 334 g/mol. The van der Waals surface area contributed by atoms with Crippen molar-refractivity contribution < 1.29 is 14.2 Å². The quantitative estimate of drug-likeness (QED) is 0.901. The Labute approximate surface area is 134 Å². The molecule has 0 saturated carbocycles. The van der Waals surface area contributed by atoms with Crippen molar-refractivity contribution in [2.45, 2.75) is 44.6 Å². The van der Waals surface area contributed by atoms with Crippen LogP contribution in [0.5, 0.6) is 5.75 Å². The normalized spacial score (nSPS) is 27.8. The summed E-state index contributed by atoms with van der Waals surface area (Å²) in [6.07, 6.45) is 2.24. The average molecular weight is 356 g/mol. The molecule has 0 aliphatic carbocycles. The highest BCUT2D eigenvalue weighted by atomic mass is 79.9. The van der Waals surface area contributed by atoms with Crippen LogP contribution in [0.1, 0.15) is 38.3 Å². The zero-order valence-electron chi connectivity index (χ0n) is 12.5. The zero-order chi connectivity index (χ0) is 14.9. The third-order valence-electron chi connectivity index (χ3n) is 3.90. The Balaban J connectivity index is 1.66. The van der Waals surface area contributed by atoms with Gasteiger partial charge in [-0.15, -0.1) is 0 Å². The highest BCUT2D eigenvalue weighted by Gasteiger charge is 2.33. The third kappa shape index (κ3) is 3.77. The molecule has 0 aromatic heterocycles. The molecule has 2 aliphatic heterocycles. The topological polar surface area (TPSA) is 39.7 Å². The first-order valence-corrected chi connectivity index (χ1v) is 8.30. The van der Waals surface area contributed by atoms with E-state index in [1.54, 1.807) is 0 Å². The maximum Gasteiger partial charge on any atom is 0.163 e. The summed E-state index contributed by atoms with van der Waals surface area (Å²) < 4.78 is 18.4. The molecule has 5 heteroatoms. The number of benzene rings is 1. The molecular formula is C16H22BrNO3. The zero-order valence-corrected chi connectivity index (χ0v) is 14.1. The van der Waals surface area contributed by atoms with Crippen molar-refractivity contribution in [1.29, 1.82) is 0 Å². The molecule has 2 atom stereocenters. The molecule has 4 nitrogen and oxygen atoms in total. The SMILES string of the molecule is CC1(C)OCC(CNC2CCCOc3cc(Br)ccc32)O1. The summed E-state index contributed by atoms with van der Waals surface area (Å²) in [6.45, 7) is 6.14. The van der Waals surface area contributed by atoms with Crippen LogP contribution in [0, 0.1) is 0 Å². The Morgan fingerprint density at radius 2 is 2.24 bits per heavy atom. The maximum atomic E-state index is 5.85. The number of hydrogen-bond donors (Lipinski definition) is 1. The van der Waals surface area contributed by atoms with Crippen molar-refractivity contribution in [2.75, 3.05) is 19.8 Å². The average Bonchev–Trinajstić information content (AvgIpc) is 2.67. The molecule has 0 amide bonds. The van der Waals surface area contributed by atoms with Crippen LogP contribution >= 0.6 is 15.9 Å². The molecule has 1 aromatic carbocycles. The Morgan fingerprint density at radius 1 is 1.38 bits per heavy atom. The Hall–Kier alpha value is -0.620. The number of rotatable bonds is 3. The summed E-state index contributed by atoms with van der Waals surface area (Å²) in [6, 6.07) is 6.56. The van der Waals surface area contributed by atoms with Gasteiger partial charge in [-0.1, -0.05) is 22.0 Å². The van der Waals surface area contributed by atoms with Crippen LogP contribution < -0.4 is 10.1 Å². The molecule has 1 fully saturated rings. The van der Waals surface area contributed by atoms with Crippen molar-refractivity contribution in [3.8, 4) is 5.75 Å². The van der Waals surface area contributed by atoms with Crippen LogP contribution in [0.15, 0.2) is 22.7 Å². The van der Waals surface area contributed by atoms with Crippen LogP contribution in [-0.4, -0.2) is 31.6 Å². The van der Waals surface area contributed by atoms with Gasteiger partial charge in [0.15, 0.2) is 5.79 Å². The van der Waals surface area contributed by atoms with E-state index in [0.29, 0.717) is 12.6 Å². The van der Waals surface area contributed by atoms with Crippen molar-refractivity contribution in [3.63, 3.8) is 0 Å². The third-order valence-corrected chi connectivity index (χ3v) is 4.40. The van der Waals surface area contributed by atoms with Crippen LogP contribution in [0.4, 0.5) is 0 Å². The number of fused-ring (bicyclic) bond motifs is 1. The number of nitrogens with one attached hydrogen (secondary N) is 1. The molecule has 1 N–H and O–H groups in total. The lowest BCUT2D eigenvalue weighted by molar-refractivity contribution is -0.137. The first kappa shape index (κ1) is 15.3. The summed E-state index contributed by atoms with van der Waals surface area (Å²) >= 11 is 3.50. The molecule has 3 rings (SSSR count). The largest absolute Gasteiger partial charge is 0.493 e. The van der Waals surface area contributed by atoms with E-state index in [2.05, 4.69) is 33.4 Å². The molecule has 1 aromatic rings. The first-order valence-electron chi connectivity index (χ1n) is 7.51. The second-order valence-electron chi connectivity index (χ2n) is 6.08. The number of halogens is 1. The van der Waals surface area contributed by atoms with Crippen LogP contribution in [0.3, 0.4) is 0 Å². The molecule has 0 radical (unpaired) electrons. The van der Waals surface area contributed by atoms with E-state index in [9.17, 15) is 0 Å². The van der Waals surface area contributed by atoms with Crippen molar-refractivity contribution >= 4 is 15.9 Å². The van der Waals surface area contributed by atoms with Gasteiger partial charge in [0.25, 0.3) is 0 Å². The maximum absolute atomic E-state index is 5.85. The van der Waals surface area contributed by atoms with E-state index in [1.165, 1.54) is 5.56 Å². The summed E-state index contributed by atoms with van der Waals surface area (Å²) in [5.74, 6) is 0.519. The summed E-state index contributed by atoms with van der Waals surface area (Å²) in [5.41, 5.74) is 1.23. The van der Waals surface area contributed by atoms with Crippen molar-refractivity contribution in [1.82, 2.24) is 5.32 Å². The van der Waals surface area contributed by atoms with E-state index >= 15 is 0 Å². The summed E-state index contributed by atoms with van der Waals surface area (Å²) in [7, 11) is 0.